The zero-order chi connectivity index (χ0) is 18.9. The highest BCUT2D eigenvalue weighted by Gasteiger charge is 2.16. The summed E-state index contributed by atoms with van der Waals surface area (Å²) in [7, 11) is 4.63. The molecule has 2 rings (SSSR count). The Labute approximate surface area is 156 Å². The summed E-state index contributed by atoms with van der Waals surface area (Å²) < 4.78 is 28.8. The van der Waals surface area contributed by atoms with Crippen LogP contribution in [0.2, 0.25) is 0 Å². The van der Waals surface area contributed by atoms with Crippen LogP contribution in [0.5, 0.6) is 17.2 Å². The molecule has 7 heteroatoms. The topological polar surface area (TPSA) is 56.8 Å². The number of amides is 1. The fourth-order valence-corrected chi connectivity index (χ4v) is 3.21. The smallest absolute Gasteiger partial charge is 0.230 e. The molecule has 0 radical (unpaired) electrons. The molecule has 0 aliphatic heterocycles. The minimum atomic E-state index is -0.264. The number of carbonyl (C=O) groups excluding carboxylic acids is 1. The van der Waals surface area contributed by atoms with Gasteiger partial charge in [0.25, 0.3) is 0 Å². The van der Waals surface area contributed by atoms with Crippen molar-refractivity contribution in [2.75, 3.05) is 27.1 Å². The van der Waals surface area contributed by atoms with E-state index in [4.69, 9.17) is 14.2 Å². The predicted octanol–water partition coefficient (Wildman–Crippen LogP) is 3.40. The van der Waals surface area contributed by atoms with Crippen molar-refractivity contribution in [2.24, 2.45) is 0 Å². The molecule has 1 amide bonds. The molecule has 0 unspecified atom stereocenters. The van der Waals surface area contributed by atoms with Crippen LogP contribution in [0, 0.1) is 5.82 Å². The first-order valence-electron chi connectivity index (χ1n) is 7.95. The predicted molar refractivity (Wildman–Crippen MR) is 101 cm³/mol. The Kier molecular flexibility index (Phi) is 7.59. The molecule has 0 bridgehead atoms. The molecule has 140 valence electrons. The van der Waals surface area contributed by atoms with Gasteiger partial charge in [0.15, 0.2) is 11.5 Å². The number of thioether (sulfide) groups is 1. The SMILES string of the molecule is COc1ccc(CNC(=O)CSCc2ccc(F)cc2)c(OC)c1OC. The van der Waals surface area contributed by atoms with E-state index in [1.807, 2.05) is 6.07 Å². The van der Waals surface area contributed by atoms with E-state index in [0.29, 0.717) is 35.3 Å². The third-order valence-corrected chi connectivity index (χ3v) is 4.68. The first-order valence-corrected chi connectivity index (χ1v) is 9.11. The molecule has 2 aromatic rings. The molecule has 0 saturated heterocycles. The summed E-state index contributed by atoms with van der Waals surface area (Å²) in [6, 6.07) is 9.86. The van der Waals surface area contributed by atoms with Gasteiger partial charge in [-0.15, -0.1) is 11.8 Å². The lowest BCUT2D eigenvalue weighted by Gasteiger charge is -2.16. The van der Waals surface area contributed by atoms with Crippen LogP contribution in [0.3, 0.4) is 0 Å². The average molecular weight is 379 g/mol. The molecule has 2 aromatic carbocycles. The van der Waals surface area contributed by atoms with Gasteiger partial charge in [-0.2, -0.15) is 0 Å². The van der Waals surface area contributed by atoms with Crippen molar-refractivity contribution in [1.82, 2.24) is 5.32 Å². The fraction of sp³-hybridized carbons (Fsp3) is 0.316. The van der Waals surface area contributed by atoms with Gasteiger partial charge >= 0.3 is 0 Å². The van der Waals surface area contributed by atoms with E-state index < -0.39 is 0 Å². The monoisotopic (exact) mass is 379 g/mol. The summed E-state index contributed by atoms with van der Waals surface area (Å²) in [6.45, 7) is 0.319. The highest BCUT2D eigenvalue weighted by Crippen LogP contribution is 2.39. The van der Waals surface area contributed by atoms with Gasteiger partial charge in [-0.1, -0.05) is 12.1 Å². The molecule has 0 heterocycles. The van der Waals surface area contributed by atoms with Crippen molar-refractivity contribution in [3.8, 4) is 17.2 Å². The van der Waals surface area contributed by atoms with Crippen molar-refractivity contribution in [1.29, 1.82) is 0 Å². The third kappa shape index (κ3) is 5.29. The maximum atomic E-state index is 12.9. The molecule has 5 nitrogen and oxygen atoms in total. The Hall–Kier alpha value is -2.41. The number of rotatable bonds is 9. The van der Waals surface area contributed by atoms with Crippen LogP contribution in [0.1, 0.15) is 11.1 Å². The summed E-state index contributed by atoms with van der Waals surface area (Å²) >= 11 is 1.47. The van der Waals surface area contributed by atoms with Gasteiger partial charge in [0.05, 0.1) is 27.1 Å². The lowest BCUT2D eigenvalue weighted by molar-refractivity contribution is -0.118. The standard InChI is InChI=1S/C19H22FNO4S/c1-23-16-9-6-14(18(24-2)19(16)25-3)10-21-17(22)12-26-11-13-4-7-15(20)8-5-13/h4-9H,10-12H2,1-3H3,(H,21,22). The highest BCUT2D eigenvalue weighted by atomic mass is 32.2. The molecule has 0 aliphatic carbocycles. The Morgan fingerprint density at radius 3 is 2.31 bits per heavy atom. The average Bonchev–Trinajstić information content (AvgIpc) is 2.66. The maximum absolute atomic E-state index is 12.9. The molecular formula is C19H22FNO4S. The number of carbonyl (C=O) groups is 1. The largest absolute Gasteiger partial charge is 0.493 e. The van der Waals surface area contributed by atoms with E-state index in [-0.39, 0.29) is 11.7 Å². The van der Waals surface area contributed by atoms with Gasteiger partial charge < -0.3 is 19.5 Å². The van der Waals surface area contributed by atoms with Crippen molar-refractivity contribution in [3.05, 3.63) is 53.3 Å². The zero-order valence-electron chi connectivity index (χ0n) is 15.0. The quantitative estimate of drug-likeness (QED) is 0.724. The normalized spacial score (nSPS) is 10.3. The first kappa shape index (κ1) is 19.9. The lowest BCUT2D eigenvalue weighted by Crippen LogP contribution is -2.25. The second-order valence-corrected chi connectivity index (χ2v) is 6.38. The molecule has 26 heavy (non-hydrogen) atoms. The molecule has 0 aromatic heterocycles. The summed E-state index contributed by atoms with van der Waals surface area (Å²) in [4.78, 5) is 12.0. The number of halogens is 1. The Balaban J connectivity index is 1.87. The van der Waals surface area contributed by atoms with Gasteiger partial charge in [0.1, 0.15) is 5.82 Å². The molecule has 0 fully saturated rings. The van der Waals surface area contributed by atoms with Crippen LogP contribution >= 0.6 is 11.8 Å². The van der Waals surface area contributed by atoms with E-state index in [2.05, 4.69) is 5.32 Å². The summed E-state index contributed by atoms with van der Waals surface area (Å²) in [5.74, 6) is 2.20. The van der Waals surface area contributed by atoms with Gasteiger partial charge in [-0.25, -0.2) is 4.39 Å². The van der Waals surface area contributed by atoms with E-state index in [0.717, 1.165) is 11.1 Å². The van der Waals surface area contributed by atoms with Crippen LogP contribution in [-0.2, 0) is 17.1 Å². The maximum Gasteiger partial charge on any atom is 0.230 e. The number of hydrogen-bond donors (Lipinski definition) is 1. The Morgan fingerprint density at radius 1 is 1.00 bits per heavy atom. The summed E-state index contributed by atoms with van der Waals surface area (Å²) in [5, 5.41) is 2.86. The van der Waals surface area contributed by atoms with Crippen LogP contribution < -0.4 is 19.5 Å². The molecule has 0 spiro atoms. The number of methoxy groups -OCH3 is 3. The van der Waals surface area contributed by atoms with Gasteiger partial charge in [-0.05, 0) is 29.8 Å². The second-order valence-electron chi connectivity index (χ2n) is 5.39. The lowest BCUT2D eigenvalue weighted by atomic mass is 10.1. The highest BCUT2D eigenvalue weighted by molar-refractivity contribution is 7.99. The Bertz CT molecular complexity index is 737. The van der Waals surface area contributed by atoms with Crippen molar-refractivity contribution in [2.45, 2.75) is 12.3 Å². The second kappa shape index (κ2) is 9.91. The van der Waals surface area contributed by atoms with Crippen molar-refractivity contribution >= 4 is 17.7 Å². The number of ether oxygens (including phenoxy) is 3. The van der Waals surface area contributed by atoms with Crippen LogP contribution in [0.4, 0.5) is 4.39 Å². The first-order chi connectivity index (χ1) is 12.6. The van der Waals surface area contributed by atoms with Crippen LogP contribution in [-0.4, -0.2) is 33.0 Å². The fourth-order valence-electron chi connectivity index (χ4n) is 2.39. The zero-order valence-corrected chi connectivity index (χ0v) is 15.8. The molecule has 0 atom stereocenters. The Morgan fingerprint density at radius 2 is 1.69 bits per heavy atom. The summed E-state index contributed by atoms with van der Waals surface area (Å²) in [5.41, 5.74) is 1.77. The molecule has 1 N–H and O–H groups in total. The number of nitrogens with one attached hydrogen (secondary N) is 1. The van der Waals surface area contributed by atoms with E-state index in [9.17, 15) is 9.18 Å². The van der Waals surface area contributed by atoms with Crippen molar-refractivity contribution in [3.63, 3.8) is 0 Å². The van der Waals surface area contributed by atoms with Gasteiger partial charge in [0, 0.05) is 17.9 Å². The molecule has 0 saturated carbocycles. The van der Waals surface area contributed by atoms with E-state index in [1.165, 1.54) is 31.0 Å². The number of benzene rings is 2. The van der Waals surface area contributed by atoms with E-state index >= 15 is 0 Å². The van der Waals surface area contributed by atoms with Gasteiger partial charge in [-0.3, -0.25) is 4.79 Å². The summed E-state index contributed by atoms with van der Waals surface area (Å²) in [6.07, 6.45) is 0. The molecular weight excluding hydrogens is 357 g/mol. The van der Waals surface area contributed by atoms with E-state index in [1.54, 1.807) is 32.4 Å². The van der Waals surface area contributed by atoms with Crippen molar-refractivity contribution < 1.29 is 23.4 Å². The minimum absolute atomic E-state index is 0.0889. The minimum Gasteiger partial charge on any atom is -0.493 e. The van der Waals surface area contributed by atoms with Crippen LogP contribution in [0.25, 0.3) is 0 Å². The number of hydrogen-bond acceptors (Lipinski definition) is 5. The third-order valence-electron chi connectivity index (χ3n) is 3.68. The van der Waals surface area contributed by atoms with Gasteiger partial charge in [0.2, 0.25) is 11.7 Å². The molecule has 0 aliphatic rings. The van der Waals surface area contributed by atoms with Crippen LogP contribution in [0.15, 0.2) is 36.4 Å².